The number of ether oxygens (including phenoxy) is 1. The zero-order chi connectivity index (χ0) is 23.9. The minimum absolute atomic E-state index is 0.0225. The Morgan fingerprint density at radius 1 is 1.33 bits per heavy atom. The van der Waals surface area contributed by atoms with E-state index >= 15 is 0 Å². The number of unbranched alkanes of at least 4 members (excludes halogenated alkanes) is 1. The molecule has 0 radical (unpaired) electrons. The number of thioether (sulfide) groups is 1. The third-order valence-electron chi connectivity index (χ3n) is 7.05. The SMILES string of the molecule is CCOC(=O)[C@H]1[C@H]2C(=O)N(CCCCO)C(C(=O)Nc3cc(C)ccc3C)C23CC(Br)[C@@H]1S3. The molecule has 3 heterocycles. The summed E-state index contributed by atoms with van der Waals surface area (Å²) in [5.74, 6) is -1.88. The molecular formula is C24H31BrN2O5S. The molecule has 3 fully saturated rings. The van der Waals surface area contributed by atoms with E-state index in [9.17, 15) is 19.5 Å². The molecule has 180 valence electrons. The van der Waals surface area contributed by atoms with Crippen molar-refractivity contribution in [3.63, 3.8) is 0 Å². The predicted molar refractivity (Wildman–Crippen MR) is 131 cm³/mol. The van der Waals surface area contributed by atoms with E-state index in [1.807, 2.05) is 32.0 Å². The van der Waals surface area contributed by atoms with Gasteiger partial charge in [-0.2, -0.15) is 0 Å². The highest BCUT2D eigenvalue weighted by atomic mass is 79.9. The number of hydrogen-bond acceptors (Lipinski definition) is 6. The molecule has 2 amide bonds. The van der Waals surface area contributed by atoms with Gasteiger partial charge in [0.25, 0.3) is 0 Å². The van der Waals surface area contributed by atoms with Gasteiger partial charge in [-0.3, -0.25) is 14.4 Å². The zero-order valence-electron chi connectivity index (χ0n) is 19.2. The van der Waals surface area contributed by atoms with Crippen LogP contribution in [-0.2, 0) is 19.1 Å². The van der Waals surface area contributed by atoms with Gasteiger partial charge in [0.2, 0.25) is 11.8 Å². The molecule has 3 aliphatic heterocycles. The summed E-state index contributed by atoms with van der Waals surface area (Å²) < 4.78 is 4.67. The van der Waals surface area contributed by atoms with Gasteiger partial charge in [-0.05, 0) is 57.2 Å². The summed E-state index contributed by atoms with van der Waals surface area (Å²) in [7, 11) is 0. The third-order valence-corrected chi connectivity index (χ3v) is 10.3. The number of benzene rings is 1. The summed E-state index contributed by atoms with van der Waals surface area (Å²) in [5.41, 5.74) is 2.72. The molecule has 0 aliphatic carbocycles. The maximum atomic E-state index is 13.8. The second kappa shape index (κ2) is 9.58. The minimum atomic E-state index is -0.692. The van der Waals surface area contributed by atoms with Crippen molar-refractivity contribution < 1.29 is 24.2 Å². The summed E-state index contributed by atoms with van der Waals surface area (Å²) in [6.07, 6.45) is 1.77. The van der Waals surface area contributed by atoms with Gasteiger partial charge in [0.1, 0.15) is 6.04 Å². The summed E-state index contributed by atoms with van der Waals surface area (Å²) in [5, 5.41) is 12.2. The first-order valence-electron chi connectivity index (χ1n) is 11.5. The molecule has 3 saturated heterocycles. The number of anilines is 1. The number of aliphatic hydroxyl groups excluding tert-OH is 1. The Morgan fingerprint density at radius 2 is 2.09 bits per heavy atom. The highest BCUT2D eigenvalue weighted by Gasteiger charge is 2.75. The number of likely N-dealkylation sites (tertiary alicyclic amines) is 1. The lowest BCUT2D eigenvalue weighted by Crippen LogP contribution is -2.52. The number of carbonyl (C=O) groups excluding carboxylic acids is 3. The first-order valence-corrected chi connectivity index (χ1v) is 13.3. The van der Waals surface area contributed by atoms with Crippen LogP contribution in [0.1, 0.15) is 37.3 Å². The number of nitrogens with zero attached hydrogens (tertiary/aromatic N) is 1. The van der Waals surface area contributed by atoms with Crippen LogP contribution in [0.25, 0.3) is 0 Å². The highest BCUT2D eigenvalue weighted by Crippen LogP contribution is 2.67. The van der Waals surface area contributed by atoms with Crippen LogP contribution in [0.15, 0.2) is 18.2 Å². The molecule has 1 aromatic rings. The number of alkyl halides is 1. The van der Waals surface area contributed by atoms with E-state index < -0.39 is 22.6 Å². The number of halogens is 1. The topological polar surface area (TPSA) is 95.9 Å². The number of nitrogens with one attached hydrogen (secondary N) is 1. The number of fused-ring (bicyclic) bond motifs is 1. The van der Waals surface area contributed by atoms with E-state index in [1.165, 1.54) is 0 Å². The first kappa shape index (κ1) is 24.5. The Hall–Kier alpha value is -1.58. The van der Waals surface area contributed by atoms with E-state index in [-0.39, 0.29) is 41.1 Å². The van der Waals surface area contributed by atoms with Gasteiger partial charge in [0, 0.05) is 28.9 Å². The number of aliphatic hydroxyl groups is 1. The molecule has 7 nitrogen and oxygen atoms in total. The second-order valence-electron chi connectivity index (χ2n) is 9.19. The van der Waals surface area contributed by atoms with Gasteiger partial charge in [-0.25, -0.2) is 0 Å². The molecule has 4 rings (SSSR count). The predicted octanol–water partition coefficient (Wildman–Crippen LogP) is 3.04. The van der Waals surface area contributed by atoms with Crippen molar-refractivity contribution in [3.05, 3.63) is 29.3 Å². The van der Waals surface area contributed by atoms with Crippen molar-refractivity contribution in [1.29, 1.82) is 0 Å². The number of hydrogen-bond donors (Lipinski definition) is 2. The molecule has 3 unspecified atom stereocenters. The number of amides is 2. The van der Waals surface area contributed by atoms with Crippen molar-refractivity contribution in [3.8, 4) is 0 Å². The lowest BCUT2D eigenvalue weighted by atomic mass is 9.71. The van der Waals surface area contributed by atoms with Gasteiger partial charge < -0.3 is 20.1 Å². The van der Waals surface area contributed by atoms with E-state index in [4.69, 9.17) is 4.74 Å². The maximum absolute atomic E-state index is 13.8. The van der Waals surface area contributed by atoms with Crippen LogP contribution in [-0.4, -0.2) is 68.4 Å². The third kappa shape index (κ3) is 4.10. The summed E-state index contributed by atoms with van der Waals surface area (Å²) >= 11 is 5.33. The molecule has 3 aliphatic rings. The summed E-state index contributed by atoms with van der Waals surface area (Å²) in [6.45, 7) is 6.33. The van der Waals surface area contributed by atoms with Crippen molar-refractivity contribution in [2.75, 3.05) is 25.1 Å². The van der Waals surface area contributed by atoms with Crippen LogP contribution < -0.4 is 5.32 Å². The molecule has 6 atom stereocenters. The lowest BCUT2D eigenvalue weighted by Gasteiger charge is -2.35. The van der Waals surface area contributed by atoms with Crippen molar-refractivity contribution in [1.82, 2.24) is 4.90 Å². The fraction of sp³-hybridized carbons (Fsp3) is 0.625. The summed E-state index contributed by atoms with van der Waals surface area (Å²) in [4.78, 5) is 42.1. The van der Waals surface area contributed by atoms with Crippen molar-refractivity contribution in [2.45, 2.75) is 60.9 Å². The fourth-order valence-corrected chi connectivity index (χ4v) is 9.24. The minimum Gasteiger partial charge on any atom is -0.466 e. The van der Waals surface area contributed by atoms with Crippen molar-refractivity contribution >= 4 is 51.2 Å². The molecule has 2 N–H and O–H groups in total. The van der Waals surface area contributed by atoms with Crippen LogP contribution in [0.4, 0.5) is 5.69 Å². The Morgan fingerprint density at radius 3 is 2.79 bits per heavy atom. The van der Waals surface area contributed by atoms with Gasteiger partial charge in [0.05, 0.1) is 23.2 Å². The smallest absolute Gasteiger partial charge is 0.310 e. The standard InChI is InChI=1S/C24H31BrN2O5S/c1-4-32-23(31)17-18-22(30)27(9-5-6-10-28)20(24(18)12-15(25)19(17)33-24)21(29)26-16-11-13(2)7-8-14(16)3/h7-8,11,15,17-20,28H,4-6,9-10,12H2,1-3H3,(H,26,29)/t15?,17-,18-,19-,20?,24?/m0/s1. The Balaban J connectivity index is 1.71. The molecule has 1 aromatic carbocycles. The monoisotopic (exact) mass is 538 g/mol. The average Bonchev–Trinajstić information content (AvgIpc) is 3.35. The molecule has 33 heavy (non-hydrogen) atoms. The average molecular weight is 539 g/mol. The van der Waals surface area contributed by atoms with Crippen molar-refractivity contribution in [2.24, 2.45) is 11.8 Å². The van der Waals surface area contributed by atoms with E-state index in [2.05, 4.69) is 21.2 Å². The Labute approximate surface area is 207 Å². The highest BCUT2D eigenvalue weighted by molar-refractivity contribution is 9.09. The second-order valence-corrected chi connectivity index (χ2v) is 11.9. The van der Waals surface area contributed by atoms with Gasteiger partial charge in [-0.15, -0.1) is 11.8 Å². The van der Waals surface area contributed by atoms with Gasteiger partial charge >= 0.3 is 5.97 Å². The normalized spacial score (nSPS) is 32.2. The Bertz CT molecular complexity index is 959. The van der Waals surface area contributed by atoms with Crippen LogP contribution >= 0.6 is 27.7 Å². The van der Waals surface area contributed by atoms with Crippen LogP contribution in [0, 0.1) is 25.7 Å². The lowest BCUT2D eigenvalue weighted by molar-refractivity contribution is -0.153. The van der Waals surface area contributed by atoms with E-state index in [0.29, 0.717) is 25.8 Å². The number of rotatable bonds is 8. The number of esters is 1. The van der Waals surface area contributed by atoms with Gasteiger partial charge in [0.15, 0.2) is 0 Å². The first-order chi connectivity index (χ1) is 15.7. The molecule has 0 aromatic heterocycles. The molecule has 1 spiro atoms. The number of carbonyl (C=O) groups is 3. The van der Waals surface area contributed by atoms with Crippen LogP contribution in [0.3, 0.4) is 0 Å². The van der Waals surface area contributed by atoms with E-state index in [1.54, 1.807) is 23.6 Å². The molecule has 9 heteroatoms. The number of aryl methyl sites for hydroxylation is 2. The summed E-state index contributed by atoms with van der Waals surface area (Å²) in [6, 6.07) is 5.20. The van der Waals surface area contributed by atoms with Crippen LogP contribution in [0.2, 0.25) is 0 Å². The maximum Gasteiger partial charge on any atom is 0.310 e. The largest absolute Gasteiger partial charge is 0.466 e. The van der Waals surface area contributed by atoms with Gasteiger partial charge in [-0.1, -0.05) is 28.1 Å². The molecule has 2 bridgehead atoms. The Kier molecular flexibility index (Phi) is 7.13. The fourth-order valence-electron chi connectivity index (χ4n) is 5.64. The molecular weight excluding hydrogens is 508 g/mol. The van der Waals surface area contributed by atoms with E-state index in [0.717, 1.165) is 16.8 Å². The zero-order valence-corrected chi connectivity index (χ0v) is 21.6. The van der Waals surface area contributed by atoms with Crippen LogP contribution in [0.5, 0.6) is 0 Å². The molecule has 0 saturated carbocycles. The quantitative estimate of drug-likeness (QED) is 0.300.